The van der Waals surface area contributed by atoms with Crippen LogP contribution in [0.3, 0.4) is 0 Å². The van der Waals surface area contributed by atoms with E-state index < -0.39 is 12.3 Å². The van der Waals surface area contributed by atoms with Gasteiger partial charge in [0.05, 0.1) is 6.61 Å². The molecule has 0 saturated carbocycles. The van der Waals surface area contributed by atoms with E-state index in [4.69, 9.17) is 10.2 Å². The van der Waals surface area contributed by atoms with E-state index in [1.54, 1.807) is 0 Å². The number of carboxylic acids is 1. The maximum Gasteiger partial charge on any atom is 0.360 e. The first kappa shape index (κ1) is 9.39. The number of carbonyl (C=O) groups is 1. The van der Waals surface area contributed by atoms with E-state index in [1.165, 1.54) is 0 Å². The molecule has 10 heavy (non-hydrogen) atoms. The van der Waals surface area contributed by atoms with Gasteiger partial charge in [-0.05, 0) is 5.92 Å². The van der Waals surface area contributed by atoms with Crippen molar-refractivity contribution in [2.24, 2.45) is 5.92 Å². The lowest BCUT2D eigenvalue weighted by Gasteiger charge is -2.08. The summed E-state index contributed by atoms with van der Waals surface area (Å²) in [5.41, 5.74) is 0. The number of ether oxygens (including phenoxy) is 1. The van der Waals surface area contributed by atoms with Gasteiger partial charge in [-0.3, -0.25) is 0 Å². The maximum atomic E-state index is 9.94. The van der Waals surface area contributed by atoms with Crippen LogP contribution in [0.25, 0.3) is 0 Å². The molecule has 0 aromatic heterocycles. The molecule has 0 fully saturated rings. The number of hydrogen-bond donors (Lipinski definition) is 2. The molecule has 0 aromatic rings. The molecule has 0 aliphatic heterocycles. The molecule has 0 rings (SSSR count). The van der Waals surface area contributed by atoms with E-state index in [0.717, 1.165) is 0 Å². The lowest BCUT2D eigenvalue weighted by molar-refractivity contribution is -0.178. The number of carboxylic acid groups (broad SMARTS) is 1. The third kappa shape index (κ3) is 4.29. The average molecular weight is 148 g/mol. The van der Waals surface area contributed by atoms with E-state index in [1.807, 2.05) is 13.8 Å². The van der Waals surface area contributed by atoms with Gasteiger partial charge in [-0.1, -0.05) is 13.8 Å². The monoisotopic (exact) mass is 148 g/mol. The van der Waals surface area contributed by atoms with E-state index in [-0.39, 0.29) is 12.5 Å². The fourth-order valence-electron chi connectivity index (χ4n) is 0.355. The van der Waals surface area contributed by atoms with Crippen LogP contribution in [0.15, 0.2) is 0 Å². The molecule has 0 aliphatic rings. The van der Waals surface area contributed by atoms with Crippen molar-refractivity contribution in [3.05, 3.63) is 0 Å². The zero-order valence-electron chi connectivity index (χ0n) is 6.07. The highest BCUT2D eigenvalue weighted by Gasteiger charge is 2.12. The molecule has 4 heteroatoms. The van der Waals surface area contributed by atoms with Crippen molar-refractivity contribution in [2.75, 3.05) is 6.61 Å². The third-order valence-corrected chi connectivity index (χ3v) is 0.799. The second-order valence-electron chi connectivity index (χ2n) is 2.42. The topological polar surface area (TPSA) is 66.8 Å². The van der Waals surface area contributed by atoms with Crippen LogP contribution in [0.5, 0.6) is 0 Å². The summed E-state index contributed by atoms with van der Waals surface area (Å²) >= 11 is 0. The molecule has 0 aromatic carbocycles. The zero-order chi connectivity index (χ0) is 8.15. The van der Waals surface area contributed by atoms with Crippen molar-refractivity contribution < 1.29 is 19.7 Å². The Morgan fingerprint density at radius 1 is 1.60 bits per heavy atom. The van der Waals surface area contributed by atoms with Crippen LogP contribution < -0.4 is 0 Å². The van der Waals surface area contributed by atoms with E-state index in [0.29, 0.717) is 0 Å². The molecule has 0 amide bonds. The van der Waals surface area contributed by atoms with Crippen molar-refractivity contribution >= 4 is 5.97 Å². The van der Waals surface area contributed by atoms with Crippen LogP contribution in [0.4, 0.5) is 0 Å². The Balaban J connectivity index is 3.40. The Bertz CT molecular complexity index is 110. The molecule has 0 spiro atoms. The average Bonchev–Trinajstić information content (AvgIpc) is 1.82. The van der Waals surface area contributed by atoms with Crippen LogP contribution in [-0.2, 0) is 9.53 Å². The Kier molecular flexibility index (Phi) is 3.99. The first-order valence-corrected chi connectivity index (χ1v) is 3.06. The van der Waals surface area contributed by atoms with Crippen LogP contribution in [0.2, 0.25) is 0 Å². The molecular formula is C6H12O4. The lowest BCUT2D eigenvalue weighted by atomic mass is 10.2. The highest BCUT2D eigenvalue weighted by molar-refractivity contribution is 5.70. The minimum Gasteiger partial charge on any atom is -0.477 e. The minimum atomic E-state index is -1.68. The SMILES string of the molecule is CC(C)COC(O)C(=O)O. The largest absolute Gasteiger partial charge is 0.477 e. The van der Waals surface area contributed by atoms with Gasteiger partial charge in [0.2, 0.25) is 0 Å². The normalized spacial score (nSPS) is 13.6. The second-order valence-corrected chi connectivity index (χ2v) is 2.42. The summed E-state index contributed by atoms with van der Waals surface area (Å²) in [6.45, 7) is 4.00. The predicted octanol–water partition coefficient (Wildman–Crippen LogP) is 0.0620. The fourth-order valence-corrected chi connectivity index (χ4v) is 0.355. The van der Waals surface area contributed by atoms with Gasteiger partial charge < -0.3 is 14.9 Å². The summed E-state index contributed by atoms with van der Waals surface area (Å²) < 4.78 is 4.52. The Morgan fingerprint density at radius 3 is 2.40 bits per heavy atom. The maximum absolute atomic E-state index is 9.94. The summed E-state index contributed by atoms with van der Waals surface area (Å²) in [4.78, 5) is 9.94. The van der Waals surface area contributed by atoms with Crippen LogP contribution in [0, 0.1) is 5.92 Å². The molecular weight excluding hydrogens is 136 g/mol. The van der Waals surface area contributed by atoms with E-state index in [9.17, 15) is 4.79 Å². The zero-order valence-corrected chi connectivity index (χ0v) is 6.07. The van der Waals surface area contributed by atoms with Gasteiger partial charge in [-0.25, -0.2) is 4.79 Å². The van der Waals surface area contributed by atoms with E-state index >= 15 is 0 Å². The molecule has 60 valence electrons. The van der Waals surface area contributed by atoms with Gasteiger partial charge in [-0.15, -0.1) is 0 Å². The highest BCUT2D eigenvalue weighted by Crippen LogP contribution is 1.95. The van der Waals surface area contributed by atoms with Crippen LogP contribution in [0.1, 0.15) is 13.8 Å². The molecule has 0 radical (unpaired) electrons. The number of aliphatic carboxylic acids is 1. The third-order valence-electron chi connectivity index (χ3n) is 0.799. The Morgan fingerprint density at radius 2 is 2.10 bits per heavy atom. The van der Waals surface area contributed by atoms with Crippen molar-refractivity contribution in [2.45, 2.75) is 20.1 Å². The van der Waals surface area contributed by atoms with Gasteiger partial charge in [0.1, 0.15) is 0 Å². The van der Waals surface area contributed by atoms with Gasteiger partial charge in [-0.2, -0.15) is 0 Å². The summed E-state index contributed by atoms with van der Waals surface area (Å²) in [7, 11) is 0. The summed E-state index contributed by atoms with van der Waals surface area (Å²) in [5.74, 6) is -1.12. The van der Waals surface area contributed by atoms with Crippen LogP contribution in [-0.4, -0.2) is 29.1 Å². The van der Waals surface area contributed by atoms with Gasteiger partial charge in [0.15, 0.2) is 0 Å². The van der Waals surface area contributed by atoms with Crippen molar-refractivity contribution in [1.29, 1.82) is 0 Å². The van der Waals surface area contributed by atoms with Crippen LogP contribution >= 0.6 is 0 Å². The molecule has 0 heterocycles. The molecule has 1 atom stereocenters. The molecule has 0 saturated heterocycles. The molecule has 4 nitrogen and oxygen atoms in total. The quantitative estimate of drug-likeness (QED) is 0.553. The first-order valence-electron chi connectivity index (χ1n) is 3.06. The van der Waals surface area contributed by atoms with E-state index in [2.05, 4.69) is 4.74 Å². The summed E-state index contributed by atoms with van der Waals surface area (Å²) in [6, 6.07) is 0. The predicted molar refractivity (Wildman–Crippen MR) is 34.4 cm³/mol. The van der Waals surface area contributed by atoms with Crippen molar-refractivity contribution in [3.63, 3.8) is 0 Å². The molecule has 1 unspecified atom stereocenters. The minimum absolute atomic E-state index is 0.231. The Labute approximate surface area is 59.4 Å². The second kappa shape index (κ2) is 4.24. The lowest BCUT2D eigenvalue weighted by Crippen LogP contribution is -2.24. The standard InChI is InChI=1S/C6H12O4/c1-4(2)3-10-6(9)5(7)8/h4,6,9H,3H2,1-2H3,(H,7,8). The van der Waals surface area contributed by atoms with Gasteiger partial charge in [0, 0.05) is 0 Å². The summed E-state index contributed by atoms with van der Waals surface area (Å²) in [5, 5.41) is 16.7. The number of aliphatic hydroxyl groups is 1. The van der Waals surface area contributed by atoms with Crippen molar-refractivity contribution in [1.82, 2.24) is 0 Å². The molecule has 2 N–H and O–H groups in total. The summed E-state index contributed by atoms with van der Waals surface area (Å²) in [6.07, 6.45) is -1.68. The number of hydrogen-bond acceptors (Lipinski definition) is 3. The fraction of sp³-hybridized carbons (Fsp3) is 0.833. The molecule has 0 aliphatic carbocycles. The first-order chi connectivity index (χ1) is 4.54. The van der Waals surface area contributed by atoms with Gasteiger partial charge in [0.25, 0.3) is 6.29 Å². The Hall–Kier alpha value is -0.610. The molecule has 0 bridgehead atoms. The van der Waals surface area contributed by atoms with Crippen molar-refractivity contribution in [3.8, 4) is 0 Å². The highest BCUT2D eigenvalue weighted by atomic mass is 16.6. The smallest absolute Gasteiger partial charge is 0.360 e. The number of rotatable bonds is 4. The van der Waals surface area contributed by atoms with Gasteiger partial charge >= 0.3 is 5.97 Å². The number of aliphatic hydroxyl groups excluding tert-OH is 1.